The van der Waals surface area contributed by atoms with E-state index in [1.165, 1.54) is 6.92 Å². The molecule has 0 saturated carbocycles. The van der Waals surface area contributed by atoms with Gasteiger partial charge in [-0.25, -0.2) is 0 Å². The highest BCUT2D eigenvalue weighted by Gasteiger charge is 2.07. The van der Waals surface area contributed by atoms with E-state index in [1.807, 2.05) is 42.5 Å². The molecule has 0 spiro atoms. The number of aromatic nitrogens is 3. The van der Waals surface area contributed by atoms with Gasteiger partial charge in [0.2, 0.25) is 5.91 Å². The third kappa shape index (κ3) is 3.49. The molecule has 7 nitrogen and oxygen atoms in total. The molecule has 0 saturated heterocycles. The van der Waals surface area contributed by atoms with E-state index in [4.69, 9.17) is 17.0 Å². The van der Waals surface area contributed by atoms with Crippen LogP contribution in [0.4, 0.5) is 5.69 Å². The third-order valence-electron chi connectivity index (χ3n) is 3.23. The molecule has 2 N–H and O–H groups in total. The van der Waals surface area contributed by atoms with E-state index in [-0.39, 0.29) is 11.0 Å². The highest BCUT2D eigenvalue weighted by molar-refractivity contribution is 7.80. The molecule has 0 atom stereocenters. The predicted molar refractivity (Wildman–Crippen MR) is 95.5 cm³/mol. The monoisotopic (exact) mass is 341 g/mol. The molecule has 0 aliphatic carbocycles. The Morgan fingerprint density at radius 2 is 1.83 bits per heavy atom. The van der Waals surface area contributed by atoms with Gasteiger partial charge in [-0.3, -0.25) is 4.79 Å². The SMILES string of the molecule is COc1ccc(-n2nc3ccc(NC(=S)NC(C)=O)cc3n2)cc1. The van der Waals surface area contributed by atoms with Gasteiger partial charge in [-0.15, -0.1) is 10.2 Å². The van der Waals surface area contributed by atoms with Crippen LogP contribution in [0.2, 0.25) is 0 Å². The highest BCUT2D eigenvalue weighted by Crippen LogP contribution is 2.19. The van der Waals surface area contributed by atoms with Crippen LogP contribution in [0, 0.1) is 0 Å². The van der Waals surface area contributed by atoms with Crippen molar-refractivity contribution in [3.63, 3.8) is 0 Å². The molecular formula is C16H15N5O2S. The van der Waals surface area contributed by atoms with Gasteiger partial charge in [0.05, 0.1) is 12.8 Å². The molecule has 0 bridgehead atoms. The predicted octanol–water partition coefficient (Wildman–Crippen LogP) is 2.26. The van der Waals surface area contributed by atoms with Gasteiger partial charge in [-0.1, -0.05) is 0 Å². The zero-order valence-corrected chi connectivity index (χ0v) is 13.9. The summed E-state index contributed by atoms with van der Waals surface area (Å²) in [6.45, 7) is 1.40. The highest BCUT2D eigenvalue weighted by atomic mass is 32.1. The Kier molecular flexibility index (Phi) is 4.39. The topological polar surface area (TPSA) is 81.1 Å². The lowest BCUT2D eigenvalue weighted by atomic mass is 10.3. The smallest absolute Gasteiger partial charge is 0.222 e. The van der Waals surface area contributed by atoms with Crippen LogP contribution in [0.15, 0.2) is 42.5 Å². The Bertz CT molecular complexity index is 904. The number of rotatable bonds is 3. The van der Waals surface area contributed by atoms with Crippen molar-refractivity contribution in [2.45, 2.75) is 6.92 Å². The van der Waals surface area contributed by atoms with Crippen LogP contribution in [0.1, 0.15) is 6.92 Å². The number of anilines is 1. The van der Waals surface area contributed by atoms with E-state index < -0.39 is 0 Å². The van der Waals surface area contributed by atoms with Crippen molar-refractivity contribution < 1.29 is 9.53 Å². The molecule has 1 aromatic heterocycles. The molecule has 0 fully saturated rings. The van der Waals surface area contributed by atoms with Gasteiger partial charge in [0.15, 0.2) is 5.11 Å². The van der Waals surface area contributed by atoms with Gasteiger partial charge in [0.1, 0.15) is 16.8 Å². The number of nitrogens with one attached hydrogen (secondary N) is 2. The fourth-order valence-corrected chi connectivity index (χ4v) is 2.41. The van der Waals surface area contributed by atoms with Crippen molar-refractivity contribution in [2.24, 2.45) is 0 Å². The summed E-state index contributed by atoms with van der Waals surface area (Å²) in [5.74, 6) is 0.549. The summed E-state index contributed by atoms with van der Waals surface area (Å²) in [4.78, 5) is 12.5. The van der Waals surface area contributed by atoms with Crippen molar-refractivity contribution in [1.82, 2.24) is 20.3 Å². The Hall–Kier alpha value is -3.00. The van der Waals surface area contributed by atoms with Crippen LogP contribution in [-0.2, 0) is 4.79 Å². The number of nitrogens with zero attached hydrogens (tertiary/aromatic N) is 3. The summed E-state index contributed by atoms with van der Waals surface area (Å²) < 4.78 is 5.14. The average Bonchev–Trinajstić information content (AvgIpc) is 2.97. The van der Waals surface area contributed by atoms with Crippen molar-refractivity contribution in [2.75, 3.05) is 12.4 Å². The van der Waals surface area contributed by atoms with Gasteiger partial charge < -0.3 is 15.4 Å². The Morgan fingerprint density at radius 3 is 2.50 bits per heavy atom. The van der Waals surface area contributed by atoms with Crippen LogP contribution < -0.4 is 15.4 Å². The first kappa shape index (κ1) is 15.9. The van der Waals surface area contributed by atoms with Crippen molar-refractivity contribution in [1.29, 1.82) is 0 Å². The summed E-state index contributed by atoms with van der Waals surface area (Å²) in [7, 11) is 1.62. The molecule has 3 aromatic rings. The first-order valence-corrected chi connectivity index (χ1v) is 7.56. The standard InChI is InChI=1S/C16H15N5O2S/c1-10(22)17-16(24)18-11-3-8-14-15(9-11)20-21(19-14)12-4-6-13(23-2)7-5-12/h3-9H,1-2H3,(H2,17,18,22,24). The fourth-order valence-electron chi connectivity index (χ4n) is 2.15. The lowest BCUT2D eigenvalue weighted by Gasteiger charge is -2.07. The van der Waals surface area contributed by atoms with E-state index in [9.17, 15) is 4.79 Å². The van der Waals surface area contributed by atoms with Crippen LogP contribution in [0.5, 0.6) is 5.75 Å². The zero-order chi connectivity index (χ0) is 17.1. The first-order chi connectivity index (χ1) is 11.5. The van der Waals surface area contributed by atoms with Crippen LogP contribution >= 0.6 is 12.2 Å². The minimum absolute atomic E-state index is 0.223. The Labute approximate surface area is 143 Å². The normalized spacial score (nSPS) is 10.4. The maximum absolute atomic E-state index is 11.0. The van der Waals surface area contributed by atoms with Gasteiger partial charge >= 0.3 is 0 Å². The number of hydrogen-bond donors (Lipinski definition) is 2. The molecule has 0 radical (unpaired) electrons. The molecule has 2 aromatic carbocycles. The second kappa shape index (κ2) is 6.63. The molecule has 122 valence electrons. The number of ether oxygens (including phenoxy) is 1. The summed E-state index contributed by atoms with van der Waals surface area (Å²) >= 11 is 5.04. The molecule has 1 amide bonds. The summed E-state index contributed by atoms with van der Waals surface area (Å²) in [5.41, 5.74) is 3.02. The maximum Gasteiger partial charge on any atom is 0.222 e. The van der Waals surface area contributed by atoms with Gasteiger partial charge in [0, 0.05) is 12.6 Å². The van der Waals surface area contributed by atoms with Gasteiger partial charge in [-0.2, -0.15) is 4.80 Å². The van der Waals surface area contributed by atoms with E-state index in [2.05, 4.69) is 20.8 Å². The molecule has 0 aliphatic rings. The van der Waals surface area contributed by atoms with E-state index in [0.29, 0.717) is 5.52 Å². The van der Waals surface area contributed by atoms with Crippen molar-refractivity contribution in [3.05, 3.63) is 42.5 Å². The molecular weight excluding hydrogens is 326 g/mol. The second-order valence-corrected chi connectivity index (χ2v) is 5.43. The summed E-state index contributed by atoms with van der Waals surface area (Å²) in [6, 6.07) is 12.9. The van der Waals surface area contributed by atoms with E-state index in [1.54, 1.807) is 11.9 Å². The first-order valence-electron chi connectivity index (χ1n) is 7.15. The second-order valence-electron chi connectivity index (χ2n) is 5.03. The number of methoxy groups -OCH3 is 1. The maximum atomic E-state index is 11.0. The zero-order valence-electron chi connectivity index (χ0n) is 13.1. The minimum Gasteiger partial charge on any atom is -0.497 e. The van der Waals surface area contributed by atoms with Gasteiger partial charge in [0.25, 0.3) is 0 Å². The van der Waals surface area contributed by atoms with Gasteiger partial charge in [-0.05, 0) is 54.7 Å². The number of thiocarbonyl (C=S) groups is 1. The van der Waals surface area contributed by atoms with Crippen LogP contribution in [0.25, 0.3) is 16.7 Å². The molecule has 3 rings (SSSR count). The van der Waals surface area contributed by atoms with E-state index >= 15 is 0 Å². The number of amides is 1. The van der Waals surface area contributed by atoms with Crippen LogP contribution in [-0.4, -0.2) is 33.1 Å². The number of carbonyl (C=O) groups excluding carboxylic acids is 1. The molecule has 24 heavy (non-hydrogen) atoms. The number of benzene rings is 2. The lowest BCUT2D eigenvalue weighted by molar-refractivity contribution is -0.117. The average molecular weight is 341 g/mol. The third-order valence-corrected chi connectivity index (χ3v) is 3.44. The number of fused-ring (bicyclic) bond motifs is 1. The summed E-state index contributed by atoms with van der Waals surface area (Å²) in [6.07, 6.45) is 0. The van der Waals surface area contributed by atoms with E-state index in [0.717, 1.165) is 22.6 Å². The number of hydrogen-bond acceptors (Lipinski definition) is 5. The Morgan fingerprint density at radius 1 is 1.12 bits per heavy atom. The van der Waals surface area contributed by atoms with Crippen molar-refractivity contribution in [3.8, 4) is 11.4 Å². The molecule has 0 aliphatic heterocycles. The molecule has 8 heteroatoms. The molecule has 1 heterocycles. The largest absolute Gasteiger partial charge is 0.497 e. The quantitative estimate of drug-likeness (QED) is 0.711. The minimum atomic E-state index is -0.223. The molecule has 0 unspecified atom stereocenters. The van der Waals surface area contributed by atoms with Crippen LogP contribution in [0.3, 0.4) is 0 Å². The Balaban J connectivity index is 1.85. The van der Waals surface area contributed by atoms with Crippen molar-refractivity contribution >= 4 is 40.0 Å². The lowest BCUT2D eigenvalue weighted by Crippen LogP contribution is -2.32. The fraction of sp³-hybridized carbons (Fsp3) is 0.125. The summed E-state index contributed by atoms with van der Waals surface area (Å²) in [5, 5.41) is 14.6. The number of carbonyl (C=O) groups is 1.